The maximum atomic E-state index is 12.4. The molecule has 0 spiro atoms. The summed E-state index contributed by atoms with van der Waals surface area (Å²) in [4.78, 5) is 37.1. The Hall–Kier alpha value is -2.43. The number of allylic oxidation sites excluding steroid dienone is 2. The molecule has 5 heteroatoms. The van der Waals surface area contributed by atoms with Crippen LogP contribution >= 0.6 is 0 Å². The van der Waals surface area contributed by atoms with Crippen molar-refractivity contribution >= 4 is 23.2 Å². The molecule has 2 atom stereocenters. The van der Waals surface area contributed by atoms with Crippen molar-refractivity contribution in [2.75, 3.05) is 19.0 Å². The fraction of sp³-hybridized carbons (Fsp3) is 0.522. The second-order valence-corrected chi connectivity index (χ2v) is 7.79. The van der Waals surface area contributed by atoms with Crippen LogP contribution < -0.4 is 4.90 Å². The van der Waals surface area contributed by atoms with E-state index in [1.165, 1.54) is 0 Å². The molecule has 2 unspecified atom stereocenters. The molecule has 1 N–H and O–H groups in total. The molecule has 0 amide bonds. The Labute approximate surface area is 167 Å². The number of anilines is 1. The number of unbranched alkanes of at least 4 members (excludes halogenated alkanes) is 3. The summed E-state index contributed by atoms with van der Waals surface area (Å²) >= 11 is 0. The molecular formula is C23H31NO4. The summed E-state index contributed by atoms with van der Waals surface area (Å²) < 4.78 is 0. The molecule has 1 aromatic carbocycles. The average Bonchev–Trinajstić information content (AvgIpc) is 3.02. The normalized spacial score (nSPS) is 19.3. The van der Waals surface area contributed by atoms with Crippen LogP contribution in [0, 0.1) is 11.8 Å². The van der Waals surface area contributed by atoms with Gasteiger partial charge in [0, 0.05) is 44.1 Å². The van der Waals surface area contributed by atoms with E-state index in [1.807, 2.05) is 49.3 Å². The molecule has 5 nitrogen and oxygen atoms in total. The molecule has 2 rings (SSSR count). The summed E-state index contributed by atoms with van der Waals surface area (Å²) in [5.41, 5.74) is 1.70. The maximum absolute atomic E-state index is 12.4. The van der Waals surface area contributed by atoms with Crippen molar-refractivity contribution in [3.05, 3.63) is 42.0 Å². The van der Waals surface area contributed by atoms with Gasteiger partial charge in [0.05, 0.1) is 0 Å². The average molecular weight is 386 g/mol. The fourth-order valence-electron chi connectivity index (χ4n) is 3.76. The zero-order valence-corrected chi connectivity index (χ0v) is 16.9. The van der Waals surface area contributed by atoms with Gasteiger partial charge in [0.2, 0.25) is 0 Å². The van der Waals surface area contributed by atoms with Crippen LogP contribution in [-0.2, 0) is 9.59 Å². The smallest absolute Gasteiger partial charge is 0.303 e. The molecule has 1 aliphatic rings. The highest BCUT2D eigenvalue weighted by atomic mass is 16.4. The lowest BCUT2D eigenvalue weighted by atomic mass is 9.89. The third-order valence-corrected chi connectivity index (χ3v) is 5.47. The van der Waals surface area contributed by atoms with Crippen LogP contribution in [0.3, 0.4) is 0 Å². The summed E-state index contributed by atoms with van der Waals surface area (Å²) in [5.74, 6) is -0.353. The maximum Gasteiger partial charge on any atom is 0.303 e. The molecule has 0 aliphatic heterocycles. The van der Waals surface area contributed by atoms with Gasteiger partial charge in [0.1, 0.15) is 5.78 Å². The second-order valence-electron chi connectivity index (χ2n) is 7.79. The van der Waals surface area contributed by atoms with Crippen LogP contribution in [-0.4, -0.2) is 36.7 Å². The molecule has 0 saturated heterocycles. The third kappa shape index (κ3) is 6.63. The van der Waals surface area contributed by atoms with Crippen LogP contribution in [0.1, 0.15) is 61.7 Å². The largest absolute Gasteiger partial charge is 0.481 e. The Morgan fingerprint density at radius 2 is 1.79 bits per heavy atom. The Morgan fingerprint density at radius 3 is 2.43 bits per heavy atom. The summed E-state index contributed by atoms with van der Waals surface area (Å²) in [6.45, 7) is 0. The van der Waals surface area contributed by atoms with Gasteiger partial charge in [-0.15, -0.1) is 0 Å². The van der Waals surface area contributed by atoms with Crippen LogP contribution in [0.2, 0.25) is 0 Å². The summed E-state index contributed by atoms with van der Waals surface area (Å²) in [6.07, 6.45) is 9.43. The van der Waals surface area contributed by atoms with Crippen molar-refractivity contribution in [1.82, 2.24) is 0 Å². The predicted octanol–water partition coefficient (Wildman–Crippen LogP) is 4.51. The number of carboxylic acid groups (broad SMARTS) is 1. The number of nitrogens with zero attached hydrogens (tertiary/aromatic N) is 1. The number of hydrogen-bond acceptors (Lipinski definition) is 4. The zero-order valence-electron chi connectivity index (χ0n) is 16.9. The number of hydrogen-bond donors (Lipinski definition) is 1. The van der Waals surface area contributed by atoms with Gasteiger partial charge in [-0.1, -0.05) is 25.3 Å². The molecule has 0 radical (unpaired) electrons. The topological polar surface area (TPSA) is 74.7 Å². The van der Waals surface area contributed by atoms with Gasteiger partial charge >= 0.3 is 5.97 Å². The molecule has 1 saturated carbocycles. The highest BCUT2D eigenvalue weighted by Crippen LogP contribution is 2.34. The van der Waals surface area contributed by atoms with E-state index >= 15 is 0 Å². The summed E-state index contributed by atoms with van der Waals surface area (Å²) in [7, 11) is 3.92. The van der Waals surface area contributed by atoms with Crippen molar-refractivity contribution < 1.29 is 19.5 Å². The molecule has 1 aromatic rings. The van der Waals surface area contributed by atoms with Gasteiger partial charge in [-0.3, -0.25) is 14.4 Å². The Kier molecular flexibility index (Phi) is 8.42. The number of carbonyl (C=O) groups is 3. The first kappa shape index (κ1) is 21.9. The zero-order chi connectivity index (χ0) is 20.5. The number of carboxylic acids is 1. The highest BCUT2D eigenvalue weighted by molar-refractivity contribution is 6.04. The minimum Gasteiger partial charge on any atom is -0.481 e. The minimum atomic E-state index is -0.753. The lowest BCUT2D eigenvalue weighted by molar-refractivity contribution is -0.137. The molecule has 152 valence electrons. The van der Waals surface area contributed by atoms with E-state index < -0.39 is 5.97 Å². The van der Waals surface area contributed by atoms with E-state index in [4.69, 9.17) is 5.11 Å². The van der Waals surface area contributed by atoms with Gasteiger partial charge in [0.25, 0.3) is 0 Å². The number of carbonyl (C=O) groups excluding carboxylic acids is 2. The summed E-state index contributed by atoms with van der Waals surface area (Å²) in [5, 5.41) is 8.65. The molecular weight excluding hydrogens is 354 g/mol. The monoisotopic (exact) mass is 385 g/mol. The van der Waals surface area contributed by atoms with Gasteiger partial charge in [-0.25, -0.2) is 0 Å². The van der Waals surface area contributed by atoms with E-state index in [1.54, 1.807) is 6.08 Å². The van der Waals surface area contributed by atoms with Gasteiger partial charge in [0.15, 0.2) is 5.78 Å². The van der Waals surface area contributed by atoms with Crippen LogP contribution in [0.25, 0.3) is 0 Å². The first-order chi connectivity index (χ1) is 13.4. The fourth-order valence-corrected chi connectivity index (χ4v) is 3.76. The molecule has 1 aliphatic carbocycles. The predicted molar refractivity (Wildman–Crippen MR) is 111 cm³/mol. The number of rotatable bonds is 11. The quantitative estimate of drug-likeness (QED) is 0.344. The number of ketones is 2. The number of benzene rings is 1. The lowest BCUT2D eigenvalue weighted by Gasteiger charge is -2.15. The van der Waals surface area contributed by atoms with Crippen molar-refractivity contribution in [2.24, 2.45) is 11.8 Å². The highest BCUT2D eigenvalue weighted by Gasteiger charge is 2.32. The van der Waals surface area contributed by atoms with Crippen LogP contribution in [0.5, 0.6) is 0 Å². The standard InChI is InChI=1S/C23H31NO4/c1-24(2)19-13-9-18(10-14-19)21(25)15-11-17-12-16-22(26)20(17)7-5-3-4-6-8-23(27)28/h9-11,13-15,17,20H,3-8,12,16H2,1-2H3,(H,27,28). The van der Waals surface area contributed by atoms with E-state index in [-0.39, 0.29) is 24.0 Å². The molecule has 28 heavy (non-hydrogen) atoms. The Morgan fingerprint density at radius 1 is 1.11 bits per heavy atom. The SMILES string of the molecule is CN(C)c1ccc(C(=O)C=CC2CCC(=O)C2CCCCCCC(=O)O)cc1. The van der Waals surface area contributed by atoms with Crippen molar-refractivity contribution in [1.29, 1.82) is 0 Å². The van der Waals surface area contributed by atoms with E-state index in [9.17, 15) is 14.4 Å². The van der Waals surface area contributed by atoms with Gasteiger partial charge in [-0.05, 0) is 55.5 Å². The Bertz CT molecular complexity index is 706. The van der Waals surface area contributed by atoms with Crippen molar-refractivity contribution in [3.8, 4) is 0 Å². The lowest BCUT2D eigenvalue weighted by Crippen LogP contribution is -2.13. The molecule has 0 aromatic heterocycles. The second kappa shape index (κ2) is 10.8. The molecule has 0 heterocycles. The number of aliphatic carboxylic acids is 1. The van der Waals surface area contributed by atoms with Crippen LogP contribution in [0.4, 0.5) is 5.69 Å². The third-order valence-electron chi connectivity index (χ3n) is 5.47. The van der Waals surface area contributed by atoms with E-state index in [2.05, 4.69) is 0 Å². The molecule has 1 fully saturated rings. The van der Waals surface area contributed by atoms with E-state index in [0.29, 0.717) is 24.2 Å². The first-order valence-electron chi connectivity index (χ1n) is 10.1. The first-order valence-corrected chi connectivity index (χ1v) is 10.1. The van der Waals surface area contributed by atoms with Gasteiger partial charge < -0.3 is 10.0 Å². The van der Waals surface area contributed by atoms with Crippen molar-refractivity contribution in [2.45, 2.75) is 51.4 Å². The van der Waals surface area contributed by atoms with E-state index in [0.717, 1.165) is 37.8 Å². The van der Waals surface area contributed by atoms with Crippen molar-refractivity contribution in [3.63, 3.8) is 0 Å². The van der Waals surface area contributed by atoms with Gasteiger partial charge in [-0.2, -0.15) is 0 Å². The number of Topliss-reactive ketones (excluding diaryl/α,β-unsaturated/α-hetero) is 1. The molecule has 0 bridgehead atoms. The minimum absolute atomic E-state index is 0.000333. The van der Waals surface area contributed by atoms with Crippen LogP contribution in [0.15, 0.2) is 36.4 Å². The Balaban J connectivity index is 1.84. The summed E-state index contributed by atoms with van der Waals surface area (Å²) in [6, 6.07) is 7.51.